The highest BCUT2D eigenvalue weighted by atomic mass is 32.2. The van der Waals surface area contributed by atoms with Crippen molar-refractivity contribution in [2.24, 2.45) is 23.7 Å². The molecular formula is C36H60N2O5S. The molecule has 4 aliphatic carbocycles. The Morgan fingerprint density at radius 3 is 1.86 bits per heavy atom. The number of ether oxygens (including phenoxy) is 1. The molecule has 0 spiro atoms. The van der Waals surface area contributed by atoms with Crippen LogP contribution in [0.5, 0.6) is 0 Å². The third kappa shape index (κ3) is 6.51. The van der Waals surface area contributed by atoms with Crippen LogP contribution < -0.4 is 0 Å². The summed E-state index contributed by atoms with van der Waals surface area (Å²) in [4.78, 5) is 31.8. The fourth-order valence-corrected chi connectivity index (χ4v) is 12.4. The molecule has 8 heteroatoms. The van der Waals surface area contributed by atoms with E-state index in [1.165, 1.54) is 76.9 Å². The first kappa shape index (κ1) is 32.8. The number of hydrogen-bond donors (Lipinski definition) is 0. The minimum Gasteiger partial charge on any atom is -0.361 e. The summed E-state index contributed by atoms with van der Waals surface area (Å²) in [5, 5.41) is -0.200. The van der Waals surface area contributed by atoms with Crippen LogP contribution in [0.4, 0.5) is 0 Å². The second kappa shape index (κ2) is 13.5. The lowest BCUT2D eigenvalue weighted by atomic mass is 9.67. The van der Waals surface area contributed by atoms with Gasteiger partial charge in [0.15, 0.2) is 0 Å². The Morgan fingerprint density at radius 2 is 1.30 bits per heavy atom. The van der Waals surface area contributed by atoms with Crippen LogP contribution in [0.3, 0.4) is 0 Å². The largest absolute Gasteiger partial charge is 0.361 e. The Morgan fingerprint density at radius 1 is 0.727 bits per heavy atom. The van der Waals surface area contributed by atoms with Crippen molar-refractivity contribution in [3.63, 3.8) is 0 Å². The van der Waals surface area contributed by atoms with E-state index in [4.69, 9.17) is 4.74 Å². The Bertz CT molecular complexity index is 1120. The first-order valence-corrected chi connectivity index (χ1v) is 20.5. The molecule has 0 radical (unpaired) electrons. The van der Waals surface area contributed by atoms with Crippen molar-refractivity contribution in [3.05, 3.63) is 0 Å². The summed E-state index contributed by atoms with van der Waals surface area (Å²) < 4.78 is 31.7. The first-order chi connectivity index (χ1) is 21.1. The third-order valence-corrected chi connectivity index (χ3v) is 15.1. The smallest absolute Gasteiger partial charge is 0.252 e. The van der Waals surface area contributed by atoms with Gasteiger partial charge in [0, 0.05) is 25.8 Å². The van der Waals surface area contributed by atoms with E-state index < -0.39 is 9.84 Å². The molecule has 7 nitrogen and oxygen atoms in total. The molecule has 0 bridgehead atoms. The zero-order valence-electron chi connectivity index (χ0n) is 27.9. The zero-order valence-corrected chi connectivity index (χ0v) is 28.7. The van der Waals surface area contributed by atoms with Gasteiger partial charge in [-0.3, -0.25) is 9.59 Å². The maximum atomic E-state index is 14.7. The van der Waals surface area contributed by atoms with Gasteiger partial charge in [-0.05, 0) is 114 Å². The zero-order chi connectivity index (χ0) is 31.1. The van der Waals surface area contributed by atoms with Crippen LogP contribution in [0.25, 0.3) is 0 Å². The minimum absolute atomic E-state index is 0.00538. The standard InChI is InChI=1S/C36H60N2O5S/c1-25-24-37(33-23-28(17-20-32(33)38(25)26(2)39)27-15-18-31(19-16-27)44(3,41)42)35(40)34-21-22-36(43-34,30-13-9-6-10-14-30)29-11-7-4-5-8-12-29/h25,27-34H,4-24H2,1-3H3/t25-,27?,28?,31?,32?,33?,34?,36?/m0/s1. The van der Waals surface area contributed by atoms with Crippen LogP contribution in [-0.2, 0) is 24.2 Å². The van der Waals surface area contributed by atoms with Crippen molar-refractivity contribution in [3.8, 4) is 0 Å². The molecule has 0 aromatic heterocycles. The van der Waals surface area contributed by atoms with Crippen molar-refractivity contribution >= 4 is 21.7 Å². The predicted octanol–water partition coefficient (Wildman–Crippen LogP) is 6.67. The number of piperazine rings is 1. The molecule has 2 heterocycles. The van der Waals surface area contributed by atoms with E-state index in [0.717, 1.165) is 57.8 Å². The number of carbonyl (C=O) groups excluding carboxylic acids is 2. The van der Waals surface area contributed by atoms with Crippen molar-refractivity contribution in [1.29, 1.82) is 0 Å². The average Bonchev–Trinajstić information content (AvgIpc) is 3.29. The van der Waals surface area contributed by atoms with E-state index in [9.17, 15) is 18.0 Å². The van der Waals surface area contributed by atoms with Crippen LogP contribution >= 0.6 is 0 Å². The van der Waals surface area contributed by atoms with Crippen molar-refractivity contribution < 1.29 is 22.7 Å². The lowest BCUT2D eigenvalue weighted by molar-refractivity contribution is -0.174. The summed E-state index contributed by atoms with van der Waals surface area (Å²) in [5.74, 6) is 2.45. The molecule has 4 saturated carbocycles. The average molecular weight is 633 g/mol. The van der Waals surface area contributed by atoms with Crippen molar-refractivity contribution in [1.82, 2.24) is 9.80 Å². The first-order valence-electron chi connectivity index (χ1n) is 18.5. The molecular weight excluding hydrogens is 572 g/mol. The molecule has 2 aliphatic heterocycles. The van der Waals surface area contributed by atoms with Crippen LogP contribution in [0, 0.1) is 23.7 Å². The van der Waals surface area contributed by atoms with E-state index in [0.29, 0.717) is 30.2 Å². The van der Waals surface area contributed by atoms with Crippen LogP contribution in [0.2, 0.25) is 0 Å². The van der Waals surface area contributed by atoms with E-state index in [-0.39, 0.29) is 46.9 Å². The number of sulfone groups is 1. The molecule has 5 unspecified atom stereocenters. The molecule has 2 amide bonds. The monoisotopic (exact) mass is 632 g/mol. The Balaban J connectivity index is 1.21. The third-order valence-electron chi connectivity index (χ3n) is 13.4. The van der Waals surface area contributed by atoms with Crippen molar-refractivity contribution in [2.75, 3.05) is 12.8 Å². The second-order valence-corrected chi connectivity index (χ2v) is 18.3. The molecule has 44 heavy (non-hydrogen) atoms. The number of hydrogen-bond acceptors (Lipinski definition) is 5. The van der Waals surface area contributed by atoms with Gasteiger partial charge in [0.1, 0.15) is 15.9 Å². The molecule has 2 saturated heterocycles. The Hall–Kier alpha value is -1.15. The number of fused-ring (bicyclic) bond motifs is 1. The molecule has 0 aromatic rings. The maximum absolute atomic E-state index is 14.7. The highest BCUT2D eigenvalue weighted by Crippen LogP contribution is 2.52. The Labute approximate surface area is 267 Å². The molecule has 6 aliphatic rings. The van der Waals surface area contributed by atoms with E-state index >= 15 is 0 Å². The summed E-state index contributed by atoms with van der Waals surface area (Å²) in [5.41, 5.74) is -0.134. The van der Waals surface area contributed by atoms with Gasteiger partial charge in [-0.2, -0.15) is 0 Å². The van der Waals surface area contributed by atoms with Gasteiger partial charge in [-0.25, -0.2) is 8.42 Å². The van der Waals surface area contributed by atoms with Gasteiger partial charge in [0.25, 0.3) is 5.91 Å². The summed E-state index contributed by atoms with van der Waals surface area (Å²) in [6, 6.07) is 0.0983. The quantitative estimate of drug-likeness (QED) is 0.316. The van der Waals surface area contributed by atoms with Gasteiger partial charge >= 0.3 is 0 Å². The SMILES string of the molecule is CC(=O)N1C2CCC(C3CCC(S(C)(=O)=O)CC3)CC2N(C(=O)C2CCC(C3CCCCCC3)(C3CCCCC3)O2)C[C@@H]1C. The molecule has 6 fully saturated rings. The molecule has 0 aromatic carbocycles. The van der Waals surface area contributed by atoms with Crippen molar-refractivity contribution in [2.45, 2.75) is 177 Å². The molecule has 250 valence electrons. The van der Waals surface area contributed by atoms with Gasteiger partial charge in [-0.15, -0.1) is 0 Å². The van der Waals surface area contributed by atoms with Gasteiger partial charge in [0.05, 0.1) is 22.9 Å². The van der Waals surface area contributed by atoms with Gasteiger partial charge < -0.3 is 14.5 Å². The molecule has 0 N–H and O–H groups in total. The van der Waals surface area contributed by atoms with E-state index in [1.807, 2.05) is 0 Å². The molecule has 6 atom stereocenters. The van der Waals surface area contributed by atoms with Gasteiger partial charge in [0.2, 0.25) is 5.91 Å². The number of amides is 2. The number of nitrogens with zero attached hydrogens (tertiary/aromatic N) is 2. The number of carbonyl (C=O) groups is 2. The summed E-state index contributed by atoms with van der Waals surface area (Å²) in [6.07, 6.45) is 23.4. The normalized spacial score (nSPS) is 39.9. The minimum atomic E-state index is -2.99. The lowest BCUT2D eigenvalue weighted by Crippen LogP contribution is -2.68. The highest BCUT2D eigenvalue weighted by Gasteiger charge is 2.55. The van der Waals surface area contributed by atoms with Gasteiger partial charge in [-0.1, -0.05) is 44.9 Å². The highest BCUT2D eigenvalue weighted by molar-refractivity contribution is 7.91. The second-order valence-electron chi connectivity index (χ2n) is 16.0. The number of rotatable bonds is 5. The summed E-state index contributed by atoms with van der Waals surface area (Å²) >= 11 is 0. The van der Waals surface area contributed by atoms with Crippen LogP contribution in [0.15, 0.2) is 0 Å². The fourth-order valence-electron chi connectivity index (χ4n) is 11.3. The summed E-state index contributed by atoms with van der Waals surface area (Å²) in [6.45, 7) is 4.39. The van der Waals surface area contributed by atoms with E-state index in [1.54, 1.807) is 6.92 Å². The lowest BCUT2D eigenvalue weighted by Gasteiger charge is -2.55. The predicted molar refractivity (Wildman–Crippen MR) is 174 cm³/mol. The Kier molecular flexibility index (Phi) is 10.1. The van der Waals surface area contributed by atoms with Crippen LogP contribution in [0.1, 0.15) is 142 Å². The summed E-state index contributed by atoms with van der Waals surface area (Å²) in [7, 11) is -2.99. The fraction of sp³-hybridized carbons (Fsp3) is 0.944. The van der Waals surface area contributed by atoms with E-state index in [2.05, 4.69) is 16.7 Å². The topological polar surface area (TPSA) is 84.0 Å². The maximum Gasteiger partial charge on any atom is 0.252 e. The van der Waals surface area contributed by atoms with Crippen LogP contribution in [-0.4, -0.2) is 77.9 Å². The molecule has 6 rings (SSSR count).